The van der Waals surface area contributed by atoms with Gasteiger partial charge < -0.3 is 0 Å². The fourth-order valence-electron chi connectivity index (χ4n) is 1.13. The minimum atomic E-state index is -0.244. The molecule has 0 radical (unpaired) electrons. The van der Waals surface area contributed by atoms with E-state index in [4.69, 9.17) is 16.3 Å². The molecule has 0 bridgehead atoms. The molecule has 0 heterocycles. The van der Waals surface area contributed by atoms with Gasteiger partial charge >= 0.3 is 107 Å². The molecule has 0 amide bonds. The number of esters is 1. The van der Waals surface area contributed by atoms with E-state index in [1.54, 1.807) is 0 Å². The van der Waals surface area contributed by atoms with E-state index in [1.165, 1.54) is 11.4 Å². The molecule has 16 heavy (non-hydrogen) atoms. The molecule has 1 rings (SSSR count). The van der Waals surface area contributed by atoms with Crippen molar-refractivity contribution in [2.24, 2.45) is 0 Å². The molecule has 0 aromatic heterocycles. The van der Waals surface area contributed by atoms with Gasteiger partial charge in [-0.25, -0.2) is 0 Å². The summed E-state index contributed by atoms with van der Waals surface area (Å²) in [5.74, 6) is -0.244. The van der Waals surface area contributed by atoms with Gasteiger partial charge in [0, 0.05) is 0 Å². The second kappa shape index (κ2) is 6.95. The number of carbonyl (C=O) groups is 1. The predicted octanol–water partition coefficient (Wildman–Crippen LogP) is 1.99. The third-order valence-corrected chi connectivity index (χ3v) is 5.56. The zero-order chi connectivity index (χ0) is 12.0. The normalized spacial score (nSPS) is 14.2. The van der Waals surface area contributed by atoms with E-state index < -0.39 is 0 Å². The van der Waals surface area contributed by atoms with Crippen LogP contribution in [-0.2, 0) is 9.53 Å². The van der Waals surface area contributed by atoms with Gasteiger partial charge in [-0.05, 0) is 0 Å². The van der Waals surface area contributed by atoms with Crippen LogP contribution >= 0.6 is 11.6 Å². The van der Waals surface area contributed by atoms with Gasteiger partial charge in [0.2, 0.25) is 0 Å². The summed E-state index contributed by atoms with van der Waals surface area (Å²) in [4.78, 5) is 11.0. The molecule has 88 valence electrons. The van der Waals surface area contributed by atoms with Crippen LogP contribution in [0.4, 0.5) is 0 Å². The molecule has 0 fully saturated rings. The van der Waals surface area contributed by atoms with Gasteiger partial charge in [0.25, 0.3) is 0 Å². The average Bonchev–Trinajstić information content (AvgIpc) is 2.25. The fraction of sp³-hybridized carbons (Fsp3) is 0.417. The molecule has 0 aliphatic rings. The number of rotatable bonds is 5. The Balaban J connectivity index is 2.54. The Morgan fingerprint density at radius 2 is 2.06 bits per heavy atom. The Labute approximate surface area is 107 Å². The van der Waals surface area contributed by atoms with Crippen LogP contribution in [0.1, 0.15) is 13.8 Å². The Hall–Kier alpha value is -0.501. The molecule has 0 saturated heterocycles. The van der Waals surface area contributed by atoms with Crippen LogP contribution < -0.4 is 4.46 Å². The average molecular weight is 306 g/mol. The quantitative estimate of drug-likeness (QED) is 0.472. The Bertz CT molecular complexity index is 327. The summed E-state index contributed by atoms with van der Waals surface area (Å²) in [5, 5.41) is 0.0135. The molecule has 0 aliphatic carbocycles. The molecule has 4 heteroatoms. The van der Waals surface area contributed by atoms with Gasteiger partial charge in [-0.1, -0.05) is 0 Å². The van der Waals surface area contributed by atoms with Crippen LogP contribution in [0.5, 0.6) is 0 Å². The van der Waals surface area contributed by atoms with Crippen LogP contribution in [0, 0.1) is 0 Å². The fourth-order valence-corrected chi connectivity index (χ4v) is 3.55. The second-order valence-corrected chi connectivity index (χ2v) is 6.89. The summed E-state index contributed by atoms with van der Waals surface area (Å²) in [5.41, 5.74) is 0. The van der Waals surface area contributed by atoms with Gasteiger partial charge in [0.05, 0.1) is 0 Å². The van der Waals surface area contributed by atoms with E-state index in [-0.39, 0.29) is 31.1 Å². The number of alkyl halides is 1. The zero-order valence-electron chi connectivity index (χ0n) is 9.35. The molecule has 1 aromatic carbocycles. The van der Waals surface area contributed by atoms with Gasteiger partial charge in [-0.2, -0.15) is 0 Å². The van der Waals surface area contributed by atoms with Crippen LogP contribution in [0.3, 0.4) is 0 Å². The number of ether oxygens (including phenoxy) is 1. The van der Waals surface area contributed by atoms with Crippen molar-refractivity contribution in [1.82, 2.24) is 0 Å². The SMILES string of the molecule is CC(=O)OCC([Se]c1ccccc1)C(C)Cl. The first kappa shape index (κ1) is 13.6. The van der Waals surface area contributed by atoms with Crippen LogP contribution in [0.25, 0.3) is 0 Å². The van der Waals surface area contributed by atoms with Crippen molar-refractivity contribution in [3.05, 3.63) is 30.3 Å². The van der Waals surface area contributed by atoms with E-state index in [9.17, 15) is 4.79 Å². The summed E-state index contributed by atoms with van der Waals surface area (Å²) in [7, 11) is 0. The van der Waals surface area contributed by atoms with Crippen LogP contribution in [0.2, 0.25) is 4.82 Å². The third kappa shape index (κ3) is 5.02. The van der Waals surface area contributed by atoms with Crippen molar-refractivity contribution in [2.75, 3.05) is 6.61 Å². The second-order valence-electron chi connectivity index (χ2n) is 3.45. The molecule has 0 saturated carbocycles. The topological polar surface area (TPSA) is 26.3 Å². The zero-order valence-corrected chi connectivity index (χ0v) is 11.8. The first-order valence-corrected chi connectivity index (χ1v) is 7.37. The Morgan fingerprint density at radius 1 is 1.44 bits per heavy atom. The van der Waals surface area contributed by atoms with Gasteiger partial charge in [0.1, 0.15) is 0 Å². The maximum absolute atomic E-state index is 10.8. The van der Waals surface area contributed by atoms with Crippen molar-refractivity contribution >= 4 is 37.0 Å². The van der Waals surface area contributed by atoms with Gasteiger partial charge in [0.15, 0.2) is 0 Å². The summed E-state index contributed by atoms with van der Waals surface area (Å²) >= 11 is 6.34. The number of hydrogen-bond acceptors (Lipinski definition) is 2. The number of halogens is 1. The molecule has 2 atom stereocenters. The van der Waals surface area contributed by atoms with Crippen LogP contribution in [-0.4, -0.2) is 32.9 Å². The monoisotopic (exact) mass is 306 g/mol. The van der Waals surface area contributed by atoms with Crippen molar-refractivity contribution in [1.29, 1.82) is 0 Å². The van der Waals surface area contributed by atoms with Gasteiger partial charge in [-0.15, -0.1) is 0 Å². The Morgan fingerprint density at radius 3 is 2.56 bits per heavy atom. The molecular weight excluding hydrogens is 291 g/mol. The summed E-state index contributed by atoms with van der Waals surface area (Å²) in [6, 6.07) is 10.2. The van der Waals surface area contributed by atoms with Crippen molar-refractivity contribution in [3.63, 3.8) is 0 Å². The molecular formula is C12H15ClO2Se. The minimum absolute atomic E-state index is 0.0135. The molecule has 0 N–H and O–H groups in total. The molecule has 2 nitrogen and oxygen atoms in total. The van der Waals surface area contributed by atoms with E-state index >= 15 is 0 Å². The predicted molar refractivity (Wildman–Crippen MR) is 67.5 cm³/mol. The molecule has 2 unspecified atom stereocenters. The third-order valence-electron chi connectivity index (χ3n) is 1.99. The number of benzene rings is 1. The van der Waals surface area contributed by atoms with E-state index in [2.05, 4.69) is 12.1 Å². The maximum atomic E-state index is 10.8. The van der Waals surface area contributed by atoms with E-state index in [0.717, 1.165) is 0 Å². The number of carbonyl (C=O) groups excluding carboxylic acids is 1. The molecule has 1 aromatic rings. The van der Waals surface area contributed by atoms with Crippen molar-refractivity contribution in [2.45, 2.75) is 24.0 Å². The van der Waals surface area contributed by atoms with Gasteiger partial charge in [-0.3, -0.25) is 0 Å². The summed E-state index contributed by atoms with van der Waals surface area (Å²) < 4.78 is 6.31. The number of hydrogen-bond donors (Lipinski definition) is 0. The summed E-state index contributed by atoms with van der Waals surface area (Å²) in [6.07, 6.45) is 0. The first-order valence-electron chi connectivity index (χ1n) is 5.08. The van der Waals surface area contributed by atoms with E-state index in [0.29, 0.717) is 6.61 Å². The van der Waals surface area contributed by atoms with E-state index in [1.807, 2.05) is 25.1 Å². The summed E-state index contributed by atoms with van der Waals surface area (Å²) in [6.45, 7) is 3.78. The standard InChI is InChI=1S/C12H15ClO2Se/c1-9(13)12(8-15-10(2)14)16-11-6-4-3-5-7-11/h3-7,9,12H,8H2,1-2H3. The Kier molecular flexibility index (Phi) is 5.89. The molecule has 0 aliphatic heterocycles. The van der Waals surface area contributed by atoms with Crippen LogP contribution in [0.15, 0.2) is 30.3 Å². The van der Waals surface area contributed by atoms with Crippen molar-refractivity contribution in [3.8, 4) is 0 Å². The first-order chi connectivity index (χ1) is 7.59. The van der Waals surface area contributed by atoms with Crippen molar-refractivity contribution < 1.29 is 9.53 Å². The molecule has 0 spiro atoms.